The van der Waals surface area contributed by atoms with Crippen molar-refractivity contribution in [2.24, 2.45) is 0 Å². The molecule has 150 valence electrons. The first kappa shape index (κ1) is 19.7. The third kappa shape index (κ3) is 5.28. The molecule has 2 heterocycles. The van der Waals surface area contributed by atoms with Gasteiger partial charge in [-0.2, -0.15) is 0 Å². The summed E-state index contributed by atoms with van der Waals surface area (Å²) in [7, 11) is 0. The molecule has 1 fully saturated rings. The number of amides is 1. The number of ether oxygens (including phenoxy) is 1. The van der Waals surface area contributed by atoms with Crippen molar-refractivity contribution in [3.63, 3.8) is 0 Å². The number of carbonyl (C=O) groups excluding carboxylic acids is 1. The smallest absolute Gasteiger partial charge is 0.230 e. The maximum Gasteiger partial charge on any atom is 0.230 e. The van der Waals surface area contributed by atoms with Gasteiger partial charge in [0.05, 0.1) is 30.3 Å². The number of hydrogen-bond donors (Lipinski definition) is 1. The van der Waals surface area contributed by atoms with Crippen LogP contribution in [-0.2, 0) is 22.6 Å². The molecule has 1 aromatic heterocycles. The Hall–Kier alpha value is -2.57. The van der Waals surface area contributed by atoms with E-state index in [4.69, 9.17) is 4.74 Å². The van der Waals surface area contributed by atoms with E-state index in [0.717, 1.165) is 48.0 Å². The molecule has 0 saturated carbocycles. The Morgan fingerprint density at radius 1 is 1.14 bits per heavy atom. The van der Waals surface area contributed by atoms with E-state index in [-0.39, 0.29) is 12.0 Å². The van der Waals surface area contributed by atoms with E-state index < -0.39 is 0 Å². The molecule has 1 saturated heterocycles. The van der Waals surface area contributed by atoms with Gasteiger partial charge in [0, 0.05) is 13.2 Å². The van der Waals surface area contributed by atoms with E-state index in [1.54, 1.807) is 0 Å². The second kappa shape index (κ2) is 9.76. The molecule has 6 heteroatoms. The Bertz CT molecular complexity index is 922. The van der Waals surface area contributed by atoms with Crippen molar-refractivity contribution < 1.29 is 9.53 Å². The summed E-state index contributed by atoms with van der Waals surface area (Å²) < 4.78 is 8.04. The molecular weight excluding hydrogens is 382 g/mol. The third-order valence-corrected chi connectivity index (χ3v) is 5.95. The lowest BCUT2D eigenvalue weighted by molar-refractivity contribution is -0.118. The lowest BCUT2D eigenvalue weighted by Crippen LogP contribution is -2.25. The van der Waals surface area contributed by atoms with E-state index in [2.05, 4.69) is 27.0 Å². The predicted molar refractivity (Wildman–Crippen MR) is 116 cm³/mol. The Balaban J connectivity index is 1.43. The van der Waals surface area contributed by atoms with Gasteiger partial charge in [-0.3, -0.25) is 4.79 Å². The first-order valence-corrected chi connectivity index (χ1v) is 10.9. The fourth-order valence-corrected chi connectivity index (χ4v) is 4.28. The van der Waals surface area contributed by atoms with Gasteiger partial charge in [0.25, 0.3) is 0 Å². The number of nitrogens with zero attached hydrogens (tertiary/aromatic N) is 2. The largest absolute Gasteiger partial charge is 0.376 e. The first-order chi connectivity index (χ1) is 14.3. The molecule has 1 aliphatic rings. The molecular formula is C23H25N3O2S. The average molecular weight is 408 g/mol. The zero-order chi connectivity index (χ0) is 19.9. The molecule has 1 aliphatic heterocycles. The molecule has 4 rings (SSSR count). The van der Waals surface area contributed by atoms with Crippen LogP contribution in [0.5, 0.6) is 0 Å². The SMILES string of the molecule is O=C(CSc1ncc(-c2ccccc2)n1CC1CCCO1)NCc1ccccc1. The van der Waals surface area contributed by atoms with Crippen molar-refractivity contribution in [2.45, 2.75) is 37.2 Å². The second-order valence-corrected chi connectivity index (χ2v) is 8.03. The quantitative estimate of drug-likeness (QED) is 0.570. The summed E-state index contributed by atoms with van der Waals surface area (Å²) in [6.07, 6.45) is 4.27. The van der Waals surface area contributed by atoms with Crippen molar-refractivity contribution in [1.82, 2.24) is 14.9 Å². The molecule has 5 nitrogen and oxygen atoms in total. The highest BCUT2D eigenvalue weighted by Gasteiger charge is 2.21. The summed E-state index contributed by atoms with van der Waals surface area (Å²) >= 11 is 1.47. The highest BCUT2D eigenvalue weighted by molar-refractivity contribution is 7.99. The van der Waals surface area contributed by atoms with Crippen LogP contribution in [0.25, 0.3) is 11.3 Å². The predicted octanol–water partition coefficient (Wildman–Crippen LogP) is 4.14. The molecule has 0 bridgehead atoms. The zero-order valence-electron chi connectivity index (χ0n) is 16.3. The monoisotopic (exact) mass is 407 g/mol. The normalized spacial score (nSPS) is 16.1. The maximum absolute atomic E-state index is 12.3. The number of thioether (sulfide) groups is 1. The van der Waals surface area contributed by atoms with Gasteiger partial charge in [0.2, 0.25) is 5.91 Å². The van der Waals surface area contributed by atoms with Crippen LogP contribution in [0.1, 0.15) is 18.4 Å². The minimum Gasteiger partial charge on any atom is -0.376 e. The lowest BCUT2D eigenvalue weighted by atomic mass is 10.1. The maximum atomic E-state index is 12.3. The summed E-state index contributed by atoms with van der Waals surface area (Å²) in [5.41, 5.74) is 3.28. The molecule has 0 radical (unpaired) electrons. The van der Waals surface area contributed by atoms with E-state index >= 15 is 0 Å². The molecule has 1 N–H and O–H groups in total. The van der Waals surface area contributed by atoms with Crippen LogP contribution in [0.4, 0.5) is 0 Å². The molecule has 0 aliphatic carbocycles. The van der Waals surface area contributed by atoms with E-state index in [1.165, 1.54) is 11.8 Å². The Morgan fingerprint density at radius 3 is 2.62 bits per heavy atom. The molecule has 2 aromatic carbocycles. The molecule has 1 atom stereocenters. The van der Waals surface area contributed by atoms with Crippen LogP contribution in [0.3, 0.4) is 0 Å². The number of rotatable bonds is 8. The van der Waals surface area contributed by atoms with Crippen LogP contribution < -0.4 is 5.32 Å². The molecule has 3 aromatic rings. The molecule has 0 spiro atoms. The van der Waals surface area contributed by atoms with Gasteiger partial charge in [0.15, 0.2) is 5.16 Å². The molecule has 1 unspecified atom stereocenters. The van der Waals surface area contributed by atoms with Crippen molar-refractivity contribution in [2.75, 3.05) is 12.4 Å². The van der Waals surface area contributed by atoms with Gasteiger partial charge in [-0.05, 0) is 24.0 Å². The van der Waals surface area contributed by atoms with Crippen LogP contribution in [-0.4, -0.2) is 33.9 Å². The Labute approximate surface area is 175 Å². The topological polar surface area (TPSA) is 56.2 Å². The standard InChI is InChI=1S/C23H25N3O2S/c27-22(24-14-18-8-3-1-4-9-18)17-29-23-25-15-21(19-10-5-2-6-11-19)26(23)16-20-12-7-13-28-20/h1-6,8-11,15,20H,7,12-14,16-17H2,(H,24,27). The van der Waals surface area contributed by atoms with Crippen molar-refractivity contribution >= 4 is 17.7 Å². The van der Waals surface area contributed by atoms with Crippen LogP contribution in [0, 0.1) is 0 Å². The number of imidazole rings is 1. The fourth-order valence-electron chi connectivity index (χ4n) is 3.46. The highest BCUT2D eigenvalue weighted by atomic mass is 32.2. The summed E-state index contributed by atoms with van der Waals surface area (Å²) in [6.45, 7) is 2.13. The summed E-state index contributed by atoms with van der Waals surface area (Å²) in [4.78, 5) is 16.9. The molecule has 29 heavy (non-hydrogen) atoms. The van der Waals surface area contributed by atoms with E-state index in [9.17, 15) is 4.79 Å². The zero-order valence-corrected chi connectivity index (χ0v) is 17.1. The number of hydrogen-bond acceptors (Lipinski definition) is 4. The van der Waals surface area contributed by atoms with Crippen LogP contribution in [0.15, 0.2) is 72.0 Å². The number of aromatic nitrogens is 2. The van der Waals surface area contributed by atoms with E-state index in [1.807, 2.05) is 54.7 Å². The number of nitrogens with one attached hydrogen (secondary N) is 1. The Morgan fingerprint density at radius 2 is 1.90 bits per heavy atom. The highest BCUT2D eigenvalue weighted by Crippen LogP contribution is 2.28. The van der Waals surface area contributed by atoms with Crippen LogP contribution >= 0.6 is 11.8 Å². The Kier molecular flexibility index (Phi) is 6.64. The average Bonchev–Trinajstić information content (AvgIpc) is 3.42. The lowest BCUT2D eigenvalue weighted by Gasteiger charge is -2.16. The minimum atomic E-state index is 0.00628. The second-order valence-electron chi connectivity index (χ2n) is 7.09. The van der Waals surface area contributed by atoms with Gasteiger partial charge in [-0.1, -0.05) is 72.4 Å². The third-order valence-electron chi connectivity index (χ3n) is 4.96. The van der Waals surface area contributed by atoms with Gasteiger partial charge >= 0.3 is 0 Å². The summed E-state index contributed by atoms with van der Waals surface area (Å²) in [5, 5.41) is 3.83. The minimum absolute atomic E-state index is 0.00628. The van der Waals surface area contributed by atoms with E-state index in [0.29, 0.717) is 12.3 Å². The van der Waals surface area contributed by atoms with Gasteiger partial charge in [0.1, 0.15) is 0 Å². The fraction of sp³-hybridized carbons (Fsp3) is 0.304. The van der Waals surface area contributed by atoms with Gasteiger partial charge in [-0.25, -0.2) is 4.98 Å². The summed E-state index contributed by atoms with van der Waals surface area (Å²) in [6, 6.07) is 20.2. The number of benzene rings is 2. The van der Waals surface area contributed by atoms with Gasteiger partial charge < -0.3 is 14.6 Å². The first-order valence-electron chi connectivity index (χ1n) is 9.95. The summed E-state index contributed by atoms with van der Waals surface area (Å²) in [5.74, 6) is 0.343. The van der Waals surface area contributed by atoms with Crippen molar-refractivity contribution in [3.05, 3.63) is 72.4 Å². The molecule has 1 amide bonds. The van der Waals surface area contributed by atoms with Gasteiger partial charge in [-0.15, -0.1) is 0 Å². The van der Waals surface area contributed by atoms with Crippen molar-refractivity contribution in [1.29, 1.82) is 0 Å². The van der Waals surface area contributed by atoms with Crippen molar-refractivity contribution in [3.8, 4) is 11.3 Å². The van der Waals surface area contributed by atoms with Crippen LogP contribution in [0.2, 0.25) is 0 Å². The number of carbonyl (C=O) groups is 1.